The van der Waals surface area contributed by atoms with Crippen molar-refractivity contribution in [3.63, 3.8) is 0 Å². The molecule has 2 N–H and O–H groups in total. The Kier molecular flexibility index (Phi) is 6.13. The van der Waals surface area contributed by atoms with Gasteiger partial charge in [-0.1, -0.05) is 13.8 Å². The highest BCUT2D eigenvalue weighted by Gasteiger charge is 2.42. The molecule has 1 fully saturated rings. The first kappa shape index (κ1) is 17.1. The lowest BCUT2D eigenvalue weighted by molar-refractivity contribution is -0.141. The number of nitrogens with zero attached hydrogens (tertiary/aromatic N) is 2. The number of urea groups is 1. The molecule has 6 nitrogen and oxygen atoms in total. The number of rotatable bonds is 5. The van der Waals surface area contributed by atoms with Gasteiger partial charge in [0.2, 0.25) is 0 Å². The molecule has 0 saturated carbocycles. The van der Waals surface area contributed by atoms with Gasteiger partial charge >= 0.3 is 12.0 Å². The summed E-state index contributed by atoms with van der Waals surface area (Å²) in [6.07, 6.45) is 0. The van der Waals surface area contributed by atoms with Crippen molar-refractivity contribution in [2.45, 2.75) is 38.2 Å². The first-order valence-electron chi connectivity index (χ1n) is 6.82. The summed E-state index contributed by atoms with van der Waals surface area (Å²) in [6, 6.07) is -0.813. The minimum absolute atomic E-state index is 0.0780. The molecule has 7 heteroatoms. The van der Waals surface area contributed by atoms with E-state index >= 15 is 0 Å². The second-order valence-electron chi connectivity index (χ2n) is 5.73. The van der Waals surface area contributed by atoms with E-state index in [0.717, 1.165) is 0 Å². The van der Waals surface area contributed by atoms with Crippen LogP contribution in [0.5, 0.6) is 0 Å². The Morgan fingerprint density at radius 3 is 2.45 bits per heavy atom. The minimum atomic E-state index is -0.934. The molecule has 1 aliphatic heterocycles. The average molecular weight is 303 g/mol. The van der Waals surface area contributed by atoms with Gasteiger partial charge in [0.15, 0.2) is 0 Å². The lowest BCUT2D eigenvalue weighted by Gasteiger charge is -2.30. The number of hydrogen-bond acceptors (Lipinski definition) is 4. The zero-order valence-corrected chi connectivity index (χ0v) is 13.6. The number of thioether (sulfide) groups is 1. The predicted octanol–water partition coefficient (Wildman–Crippen LogP) is 1.13. The van der Waals surface area contributed by atoms with Crippen molar-refractivity contribution in [3.8, 4) is 0 Å². The van der Waals surface area contributed by atoms with Crippen LogP contribution in [0.2, 0.25) is 0 Å². The highest BCUT2D eigenvalue weighted by molar-refractivity contribution is 8.00. The van der Waals surface area contributed by atoms with E-state index in [1.807, 2.05) is 39.8 Å². The van der Waals surface area contributed by atoms with Gasteiger partial charge in [-0.15, -0.1) is 11.8 Å². The molecule has 0 aromatic rings. The Bertz CT molecular complexity index is 363. The van der Waals surface area contributed by atoms with Crippen molar-refractivity contribution in [3.05, 3.63) is 0 Å². The van der Waals surface area contributed by atoms with Crippen LogP contribution in [0.15, 0.2) is 0 Å². The van der Waals surface area contributed by atoms with E-state index in [9.17, 15) is 14.7 Å². The van der Waals surface area contributed by atoms with Crippen molar-refractivity contribution in [2.75, 3.05) is 26.4 Å². The molecule has 0 aromatic heterocycles. The number of carboxylic acids is 1. The Morgan fingerprint density at radius 2 is 2.00 bits per heavy atom. The van der Waals surface area contributed by atoms with Crippen molar-refractivity contribution < 1.29 is 14.7 Å². The van der Waals surface area contributed by atoms with Gasteiger partial charge in [0.1, 0.15) is 6.04 Å². The van der Waals surface area contributed by atoms with Gasteiger partial charge in [0.05, 0.1) is 5.37 Å². The van der Waals surface area contributed by atoms with Gasteiger partial charge in [-0.3, -0.25) is 4.90 Å². The van der Waals surface area contributed by atoms with Crippen LogP contribution in [0.25, 0.3) is 0 Å². The van der Waals surface area contributed by atoms with E-state index in [1.54, 1.807) is 0 Å². The maximum atomic E-state index is 12.3. The summed E-state index contributed by atoms with van der Waals surface area (Å²) in [7, 11) is 3.89. The summed E-state index contributed by atoms with van der Waals surface area (Å²) in [4.78, 5) is 27.1. The van der Waals surface area contributed by atoms with Crippen LogP contribution in [-0.2, 0) is 4.79 Å². The monoisotopic (exact) mass is 303 g/mol. The number of carbonyl (C=O) groups excluding carboxylic acids is 1. The number of hydrogen-bond donors (Lipinski definition) is 2. The van der Waals surface area contributed by atoms with Crippen LogP contribution in [0.1, 0.15) is 20.8 Å². The quantitative estimate of drug-likeness (QED) is 0.796. The third kappa shape index (κ3) is 4.02. The SMILES string of the molecule is CC(C)C1SCC(C(=O)O)N1C(=O)NCC(C)N(C)C. The minimum Gasteiger partial charge on any atom is -0.480 e. The standard InChI is InChI=1S/C13H25N3O3S/c1-8(2)11-16(10(7-20-11)12(17)18)13(19)14-6-9(3)15(4)5/h8-11H,6-7H2,1-5H3,(H,14,19)(H,17,18). The number of carbonyl (C=O) groups is 2. The maximum Gasteiger partial charge on any atom is 0.327 e. The van der Waals surface area contributed by atoms with Crippen molar-refractivity contribution >= 4 is 23.8 Å². The highest BCUT2D eigenvalue weighted by Crippen LogP contribution is 2.33. The molecule has 0 aliphatic carbocycles. The van der Waals surface area contributed by atoms with Crippen LogP contribution < -0.4 is 5.32 Å². The molecule has 2 amide bonds. The van der Waals surface area contributed by atoms with Gasteiger partial charge in [0, 0.05) is 18.3 Å². The van der Waals surface area contributed by atoms with E-state index in [-0.39, 0.29) is 23.4 Å². The molecule has 0 aromatic carbocycles. The molecule has 0 spiro atoms. The second-order valence-corrected chi connectivity index (χ2v) is 6.88. The lowest BCUT2D eigenvalue weighted by Crippen LogP contribution is -2.53. The molecule has 20 heavy (non-hydrogen) atoms. The number of likely N-dealkylation sites (N-methyl/N-ethyl adjacent to an activating group) is 1. The molecule has 0 radical (unpaired) electrons. The van der Waals surface area contributed by atoms with E-state index in [1.165, 1.54) is 16.7 Å². The predicted molar refractivity (Wildman–Crippen MR) is 80.9 cm³/mol. The zero-order valence-electron chi connectivity index (χ0n) is 12.8. The first-order valence-corrected chi connectivity index (χ1v) is 7.87. The Hall–Kier alpha value is -0.950. The summed E-state index contributed by atoms with van der Waals surface area (Å²) in [5, 5.41) is 12.0. The van der Waals surface area contributed by atoms with Crippen molar-refractivity contribution in [1.29, 1.82) is 0 Å². The second kappa shape index (κ2) is 7.17. The van der Waals surface area contributed by atoms with Gasteiger partial charge in [-0.05, 0) is 26.9 Å². The molecule has 1 aliphatic rings. The maximum absolute atomic E-state index is 12.3. The number of nitrogens with one attached hydrogen (secondary N) is 1. The summed E-state index contributed by atoms with van der Waals surface area (Å²) in [6.45, 7) is 6.52. The van der Waals surface area contributed by atoms with Gasteiger partial charge in [0.25, 0.3) is 0 Å². The summed E-state index contributed by atoms with van der Waals surface area (Å²) in [5.41, 5.74) is 0. The molecule has 3 unspecified atom stereocenters. The molecule has 116 valence electrons. The zero-order chi connectivity index (χ0) is 15.4. The average Bonchev–Trinajstić information content (AvgIpc) is 2.80. The van der Waals surface area contributed by atoms with Gasteiger partial charge in [-0.2, -0.15) is 0 Å². The van der Waals surface area contributed by atoms with Crippen LogP contribution >= 0.6 is 11.8 Å². The molecule has 1 rings (SSSR count). The van der Waals surface area contributed by atoms with Crippen LogP contribution in [-0.4, -0.2) is 70.8 Å². The van der Waals surface area contributed by atoms with Crippen LogP contribution in [0, 0.1) is 5.92 Å². The molecule has 3 atom stereocenters. The summed E-state index contributed by atoms with van der Waals surface area (Å²) >= 11 is 1.54. The lowest BCUT2D eigenvalue weighted by atomic mass is 10.1. The fourth-order valence-electron chi connectivity index (χ4n) is 2.00. The topological polar surface area (TPSA) is 72.9 Å². The fourth-order valence-corrected chi connectivity index (χ4v) is 3.47. The molecule has 1 saturated heterocycles. The Morgan fingerprint density at radius 1 is 1.40 bits per heavy atom. The molecular weight excluding hydrogens is 278 g/mol. The smallest absolute Gasteiger partial charge is 0.327 e. The first-order chi connectivity index (χ1) is 9.25. The Balaban J connectivity index is 2.72. The normalized spacial score (nSPS) is 24.2. The highest BCUT2D eigenvalue weighted by atomic mass is 32.2. The Labute approximate surface area is 124 Å². The molecule has 0 bridgehead atoms. The van der Waals surface area contributed by atoms with Gasteiger partial charge < -0.3 is 15.3 Å². The summed E-state index contributed by atoms with van der Waals surface area (Å²) in [5.74, 6) is -0.257. The van der Waals surface area contributed by atoms with Crippen LogP contribution in [0.4, 0.5) is 4.79 Å². The number of amides is 2. The fraction of sp³-hybridized carbons (Fsp3) is 0.846. The number of carboxylic acid groups (broad SMARTS) is 1. The number of aliphatic carboxylic acids is 1. The third-order valence-corrected chi connectivity index (χ3v) is 5.18. The largest absolute Gasteiger partial charge is 0.480 e. The van der Waals surface area contributed by atoms with E-state index in [0.29, 0.717) is 12.3 Å². The van der Waals surface area contributed by atoms with Crippen molar-refractivity contribution in [2.24, 2.45) is 5.92 Å². The molecule has 1 heterocycles. The summed E-state index contributed by atoms with van der Waals surface area (Å²) < 4.78 is 0. The van der Waals surface area contributed by atoms with Gasteiger partial charge in [-0.25, -0.2) is 9.59 Å². The molecular formula is C13H25N3O3S. The van der Waals surface area contributed by atoms with Crippen molar-refractivity contribution in [1.82, 2.24) is 15.1 Å². The van der Waals surface area contributed by atoms with E-state index in [2.05, 4.69) is 5.32 Å². The van der Waals surface area contributed by atoms with E-state index in [4.69, 9.17) is 0 Å². The van der Waals surface area contributed by atoms with E-state index < -0.39 is 12.0 Å². The van der Waals surface area contributed by atoms with Crippen LogP contribution in [0.3, 0.4) is 0 Å². The third-order valence-electron chi connectivity index (χ3n) is 3.55.